The smallest absolute Gasteiger partial charge is 0.246 e. The summed E-state index contributed by atoms with van der Waals surface area (Å²) in [4.78, 5) is 43.5. The fraction of sp³-hybridized carbons (Fsp3) is 0.452. The van der Waals surface area contributed by atoms with Crippen LogP contribution >= 0.6 is 0 Å². The van der Waals surface area contributed by atoms with E-state index in [1.54, 1.807) is 4.90 Å². The van der Waals surface area contributed by atoms with E-state index in [1.165, 1.54) is 6.42 Å². The van der Waals surface area contributed by atoms with Gasteiger partial charge in [-0.3, -0.25) is 14.4 Å². The lowest BCUT2D eigenvalue weighted by molar-refractivity contribution is -0.142. The molecule has 0 unspecified atom stereocenters. The third-order valence-electron chi connectivity index (χ3n) is 8.99. The largest absolute Gasteiger partial charge is 0.454 e. The first-order valence-corrected chi connectivity index (χ1v) is 14.2. The highest BCUT2D eigenvalue weighted by Gasteiger charge is 2.72. The number of rotatable bonds is 6. The standard InChI is InChI=1S/C31H33N3O6/c1-18-7-10-21(11-8-18)32-28(35)25-23-13-14-31(40-23)26(25)30(37)34(16-19-9-12-22-24(15-19)39-17-38-22)27(31)29(36)33-20-5-3-2-4-6-20/h7-15,20,23,25-27H,2-6,16-17H2,1H3,(H,32,35)(H,33,36)/t23-,25+,26-,27-,31-/m0/s1. The Morgan fingerprint density at radius 3 is 2.58 bits per heavy atom. The molecule has 9 nitrogen and oxygen atoms in total. The Bertz CT molecular complexity index is 1380. The van der Waals surface area contributed by atoms with Crippen molar-refractivity contribution in [3.05, 3.63) is 65.7 Å². The van der Waals surface area contributed by atoms with Crippen molar-refractivity contribution >= 4 is 23.4 Å². The van der Waals surface area contributed by atoms with Crippen LogP contribution in [0.25, 0.3) is 0 Å². The number of nitrogens with one attached hydrogen (secondary N) is 2. The number of likely N-dealkylation sites (tertiary alicyclic amines) is 1. The average molecular weight is 544 g/mol. The predicted molar refractivity (Wildman–Crippen MR) is 145 cm³/mol. The molecule has 0 aromatic heterocycles. The molecule has 4 aliphatic heterocycles. The topological polar surface area (TPSA) is 106 Å². The molecule has 3 fully saturated rings. The number of carbonyl (C=O) groups is 3. The molecule has 7 rings (SSSR count). The average Bonchev–Trinajstić information content (AvgIpc) is 3.71. The van der Waals surface area contributed by atoms with Crippen molar-refractivity contribution in [3.63, 3.8) is 0 Å². The zero-order chi connectivity index (χ0) is 27.4. The van der Waals surface area contributed by atoms with Crippen LogP contribution in [0.3, 0.4) is 0 Å². The molecule has 40 heavy (non-hydrogen) atoms. The molecular formula is C31H33N3O6. The summed E-state index contributed by atoms with van der Waals surface area (Å²) in [5.41, 5.74) is 1.35. The highest BCUT2D eigenvalue weighted by Crippen LogP contribution is 2.55. The summed E-state index contributed by atoms with van der Waals surface area (Å²) in [5, 5.41) is 6.20. The lowest BCUT2D eigenvalue weighted by Crippen LogP contribution is -2.56. The molecule has 3 amide bonds. The fourth-order valence-corrected chi connectivity index (χ4v) is 7.06. The van der Waals surface area contributed by atoms with E-state index in [-0.39, 0.29) is 37.1 Å². The zero-order valence-corrected chi connectivity index (χ0v) is 22.4. The lowest BCUT2D eigenvalue weighted by Gasteiger charge is -2.34. The molecule has 2 aromatic carbocycles. The van der Waals surface area contributed by atoms with Gasteiger partial charge in [0.2, 0.25) is 24.5 Å². The molecule has 4 heterocycles. The molecular weight excluding hydrogens is 510 g/mol. The Hall–Kier alpha value is -3.85. The summed E-state index contributed by atoms with van der Waals surface area (Å²) in [6, 6.07) is 12.2. The molecule has 1 saturated carbocycles. The van der Waals surface area contributed by atoms with Crippen molar-refractivity contribution in [2.24, 2.45) is 11.8 Å². The highest BCUT2D eigenvalue weighted by molar-refractivity contribution is 6.02. The molecule has 5 atom stereocenters. The Balaban J connectivity index is 1.21. The van der Waals surface area contributed by atoms with Crippen LogP contribution in [0.4, 0.5) is 5.69 Å². The maximum atomic E-state index is 14.2. The molecule has 2 bridgehead atoms. The van der Waals surface area contributed by atoms with Crippen LogP contribution in [0.15, 0.2) is 54.6 Å². The number of benzene rings is 2. The summed E-state index contributed by atoms with van der Waals surface area (Å²) in [6.45, 7) is 2.32. The first-order valence-electron chi connectivity index (χ1n) is 14.2. The van der Waals surface area contributed by atoms with Crippen molar-refractivity contribution in [2.45, 2.75) is 69.4 Å². The van der Waals surface area contributed by atoms with Crippen LogP contribution in [0, 0.1) is 18.8 Å². The van der Waals surface area contributed by atoms with E-state index < -0.39 is 29.6 Å². The van der Waals surface area contributed by atoms with Crippen molar-refractivity contribution < 1.29 is 28.6 Å². The molecule has 208 valence electrons. The number of ether oxygens (including phenoxy) is 3. The van der Waals surface area contributed by atoms with Crippen LogP contribution in [0.2, 0.25) is 0 Å². The molecule has 1 aliphatic carbocycles. The normalized spacial score (nSPS) is 30.0. The van der Waals surface area contributed by atoms with Gasteiger partial charge in [-0.25, -0.2) is 0 Å². The van der Waals surface area contributed by atoms with Gasteiger partial charge in [-0.05, 0) is 49.6 Å². The summed E-state index contributed by atoms with van der Waals surface area (Å²) >= 11 is 0. The van der Waals surface area contributed by atoms with Crippen LogP contribution in [0.1, 0.15) is 43.2 Å². The second-order valence-electron chi connectivity index (χ2n) is 11.6. The second kappa shape index (κ2) is 9.66. The zero-order valence-electron chi connectivity index (χ0n) is 22.4. The monoisotopic (exact) mass is 543 g/mol. The summed E-state index contributed by atoms with van der Waals surface area (Å²) in [6.07, 6.45) is 8.28. The third kappa shape index (κ3) is 4.06. The fourth-order valence-electron chi connectivity index (χ4n) is 7.06. The van der Waals surface area contributed by atoms with Gasteiger partial charge in [-0.2, -0.15) is 0 Å². The van der Waals surface area contributed by atoms with E-state index in [1.807, 2.05) is 61.5 Å². The van der Waals surface area contributed by atoms with Gasteiger partial charge in [0.15, 0.2) is 11.5 Å². The van der Waals surface area contributed by atoms with E-state index >= 15 is 0 Å². The van der Waals surface area contributed by atoms with E-state index in [0.717, 1.165) is 36.8 Å². The quantitative estimate of drug-likeness (QED) is 0.541. The number of carbonyl (C=O) groups excluding carboxylic acids is 3. The molecule has 9 heteroatoms. The molecule has 2 N–H and O–H groups in total. The highest BCUT2D eigenvalue weighted by atomic mass is 16.7. The van der Waals surface area contributed by atoms with Gasteiger partial charge in [-0.15, -0.1) is 0 Å². The lowest BCUT2D eigenvalue weighted by atomic mass is 9.74. The molecule has 0 radical (unpaired) electrons. The van der Waals surface area contributed by atoms with Crippen molar-refractivity contribution in [2.75, 3.05) is 12.1 Å². The van der Waals surface area contributed by atoms with Gasteiger partial charge >= 0.3 is 0 Å². The number of aryl methyl sites for hydroxylation is 1. The van der Waals surface area contributed by atoms with Crippen molar-refractivity contribution in [3.8, 4) is 11.5 Å². The third-order valence-corrected chi connectivity index (χ3v) is 8.99. The minimum atomic E-state index is -1.20. The Morgan fingerprint density at radius 1 is 1.00 bits per heavy atom. The van der Waals surface area contributed by atoms with E-state index in [0.29, 0.717) is 17.2 Å². The Kier molecular flexibility index (Phi) is 6.07. The molecule has 5 aliphatic rings. The van der Waals surface area contributed by atoms with Gasteiger partial charge in [-0.1, -0.05) is 55.2 Å². The van der Waals surface area contributed by atoms with Gasteiger partial charge in [0.1, 0.15) is 11.6 Å². The maximum absolute atomic E-state index is 14.2. The van der Waals surface area contributed by atoms with Crippen molar-refractivity contribution in [1.82, 2.24) is 10.2 Å². The van der Waals surface area contributed by atoms with Gasteiger partial charge in [0.25, 0.3) is 0 Å². The summed E-state index contributed by atoms with van der Waals surface area (Å²) < 4.78 is 17.5. The number of hydrogen-bond donors (Lipinski definition) is 2. The van der Waals surface area contributed by atoms with Gasteiger partial charge in [0, 0.05) is 18.3 Å². The number of amides is 3. The minimum absolute atomic E-state index is 0.0717. The Morgan fingerprint density at radius 2 is 1.77 bits per heavy atom. The molecule has 2 saturated heterocycles. The first kappa shape index (κ1) is 25.1. The van der Waals surface area contributed by atoms with Crippen LogP contribution in [-0.4, -0.2) is 53.2 Å². The van der Waals surface area contributed by atoms with E-state index in [4.69, 9.17) is 14.2 Å². The maximum Gasteiger partial charge on any atom is 0.246 e. The van der Waals surface area contributed by atoms with Crippen LogP contribution in [0.5, 0.6) is 11.5 Å². The first-order chi connectivity index (χ1) is 19.4. The second-order valence-corrected chi connectivity index (χ2v) is 11.6. The predicted octanol–water partition coefficient (Wildman–Crippen LogP) is 3.46. The number of nitrogens with zero attached hydrogens (tertiary/aromatic N) is 1. The minimum Gasteiger partial charge on any atom is -0.454 e. The summed E-state index contributed by atoms with van der Waals surface area (Å²) in [7, 11) is 0. The molecule has 1 spiro atoms. The number of hydrogen-bond acceptors (Lipinski definition) is 6. The number of anilines is 1. The van der Waals surface area contributed by atoms with Crippen LogP contribution in [-0.2, 0) is 25.7 Å². The number of fused-ring (bicyclic) bond motifs is 2. The van der Waals surface area contributed by atoms with E-state index in [9.17, 15) is 14.4 Å². The van der Waals surface area contributed by atoms with Gasteiger partial charge in [0.05, 0.1) is 17.9 Å². The van der Waals surface area contributed by atoms with Crippen LogP contribution < -0.4 is 20.1 Å². The molecule has 2 aromatic rings. The van der Waals surface area contributed by atoms with Gasteiger partial charge < -0.3 is 29.7 Å². The Labute approximate surface area is 232 Å². The van der Waals surface area contributed by atoms with E-state index in [2.05, 4.69) is 10.6 Å². The SMILES string of the molecule is Cc1ccc(NC(=O)[C@@H]2[C@@H]3C=C[C@]4(O3)[C@@H]2C(=O)N(Cc2ccc3c(c2)OCO3)[C@H]4C(=O)NC2CCCCC2)cc1. The summed E-state index contributed by atoms with van der Waals surface area (Å²) in [5.74, 6) is -1.05. The van der Waals surface area contributed by atoms with Crippen molar-refractivity contribution in [1.29, 1.82) is 0 Å².